The van der Waals surface area contributed by atoms with Crippen molar-refractivity contribution in [3.8, 4) is 0 Å². The van der Waals surface area contributed by atoms with E-state index in [0.29, 0.717) is 31.0 Å². The second-order valence-electron chi connectivity index (χ2n) is 7.53. The maximum atomic E-state index is 13.1. The summed E-state index contributed by atoms with van der Waals surface area (Å²) >= 11 is 1.47. The number of carbonyl (C=O) groups excluding carboxylic acids is 1. The van der Waals surface area contributed by atoms with Crippen LogP contribution in [-0.2, 0) is 4.74 Å². The van der Waals surface area contributed by atoms with Crippen molar-refractivity contribution in [1.29, 1.82) is 0 Å². The van der Waals surface area contributed by atoms with Gasteiger partial charge in [0.2, 0.25) is 0 Å². The van der Waals surface area contributed by atoms with Crippen molar-refractivity contribution >= 4 is 17.7 Å². The van der Waals surface area contributed by atoms with Crippen molar-refractivity contribution in [3.63, 3.8) is 0 Å². The predicted octanol–water partition coefficient (Wildman–Crippen LogP) is 3.34. The number of aryl methyl sites for hydroxylation is 2. The standard InChI is InChI=1S/C21H30N4O3S/c1-13(2)19-23-15(4)18(21(24-19)29-5)20(26)22-12-16(17-7-6-14(3)28-17)25-8-10-27-11-9-25/h6-7,13,16H,8-12H2,1-5H3,(H,22,26). The quantitative estimate of drug-likeness (QED) is 0.546. The Labute approximate surface area is 176 Å². The van der Waals surface area contributed by atoms with E-state index in [-0.39, 0.29) is 17.9 Å². The van der Waals surface area contributed by atoms with E-state index in [0.717, 1.165) is 35.5 Å². The first-order valence-electron chi connectivity index (χ1n) is 9.99. The average Bonchev–Trinajstić information content (AvgIpc) is 3.14. The summed E-state index contributed by atoms with van der Waals surface area (Å²) in [7, 11) is 0. The Morgan fingerprint density at radius 1 is 1.24 bits per heavy atom. The number of thioether (sulfide) groups is 1. The topological polar surface area (TPSA) is 80.5 Å². The lowest BCUT2D eigenvalue weighted by molar-refractivity contribution is 0.0117. The molecule has 1 aliphatic heterocycles. The highest BCUT2D eigenvalue weighted by molar-refractivity contribution is 7.98. The van der Waals surface area contributed by atoms with Crippen molar-refractivity contribution in [2.75, 3.05) is 39.1 Å². The molecule has 2 aromatic heterocycles. The first-order chi connectivity index (χ1) is 13.9. The van der Waals surface area contributed by atoms with Gasteiger partial charge in [0.15, 0.2) is 0 Å². The largest absolute Gasteiger partial charge is 0.465 e. The summed E-state index contributed by atoms with van der Waals surface area (Å²) < 4.78 is 11.4. The molecule has 2 aromatic rings. The average molecular weight is 419 g/mol. The minimum atomic E-state index is -0.149. The molecule has 0 aromatic carbocycles. The number of carbonyl (C=O) groups is 1. The van der Waals surface area contributed by atoms with Crippen LogP contribution < -0.4 is 5.32 Å². The molecule has 1 atom stereocenters. The molecule has 158 valence electrons. The van der Waals surface area contributed by atoms with Gasteiger partial charge < -0.3 is 14.5 Å². The lowest BCUT2D eigenvalue weighted by Crippen LogP contribution is -2.43. The molecule has 1 fully saturated rings. The zero-order valence-corrected chi connectivity index (χ0v) is 18.6. The zero-order chi connectivity index (χ0) is 21.0. The van der Waals surface area contributed by atoms with Gasteiger partial charge in [-0.15, -0.1) is 11.8 Å². The van der Waals surface area contributed by atoms with Gasteiger partial charge in [0, 0.05) is 25.6 Å². The summed E-state index contributed by atoms with van der Waals surface area (Å²) in [4.78, 5) is 24.5. The molecule has 0 spiro atoms. The maximum absolute atomic E-state index is 13.1. The van der Waals surface area contributed by atoms with E-state index in [2.05, 4.69) is 34.0 Å². The number of morpholine rings is 1. The molecule has 3 rings (SSSR count). The molecule has 29 heavy (non-hydrogen) atoms. The summed E-state index contributed by atoms with van der Waals surface area (Å²) in [5.74, 6) is 2.55. The second-order valence-corrected chi connectivity index (χ2v) is 8.32. The van der Waals surface area contributed by atoms with E-state index in [9.17, 15) is 4.79 Å². The van der Waals surface area contributed by atoms with Crippen LogP contribution in [0.2, 0.25) is 0 Å². The van der Waals surface area contributed by atoms with Crippen LogP contribution in [0.15, 0.2) is 21.6 Å². The lowest BCUT2D eigenvalue weighted by atomic mass is 10.1. The van der Waals surface area contributed by atoms with Gasteiger partial charge in [-0.25, -0.2) is 9.97 Å². The maximum Gasteiger partial charge on any atom is 0.255 e. The van der Waals surface area contributed by atoms with Crippen LogP contribution in [0.25, 0.3) is 0 Å². The molecule has 0 bridgehead atoms. The fraction of sp³-hybridized carbons (Fsp3) is 0.571. The van der Waals surface area contributed by atoms with Crippen LogP contribution in [0.5, 0.6) is 0 Å². The molecular weight excluding hydrogens is 388 g/mol. The molecule has 1 N–H and O–H groups in total. The fourth-order valence-corrected chi connectivity index (χ4v) is 4.07. The molecule has 8 heteroatoms. The predicted molar refractivity (Wildman–Crippen MR) is 114 cm³/mol. The molecule has 1 aliphatic rings. The highest BCUT2D eigenvalue weighted by Crippen LogP contribution is 2.25. The van der Waals surface area contributed by atoms with Gasteiger partial charge in [-0.2, -0.15) is 0 Å². The Balaban J connectivity index is 1.79. The van der Waals surface area contributed by atoms with E-state index < -0.39 is 0 Å². The van der Waals surface area contributed by atoms with Crippen molar-refractivity contribution in [1.82, 2.24) is 20.2 Å². The number of aromatic nitrogens is 2. The Morgan fingerprint density at radius 2 is 1.97 bits per heavy atom. The molecule has 1 amide bonds. The highest BCUT2D eigenvalue weighted by Gasteiger charge is 2.27. The number of amides is 1. The van der Waals surface area contributed by atoms with Crippen LogP contribution in [0.1, 0.15) is 59.2 Å². The molecule has 1 saturated heterocycles. The Hall–Kier alpha value is -1.90. The number of nitrogens with zero attached hydrogens (tertiary/aromatic N) is 3. The van der Waals surface area contributed by atoms with Gasteiger partial charge >= 0.3 is 0 Å². The molecule has 0 saturated carbocycles. The van der Waals surface area contributed by atoms with Gasteiger partial charge in [-0.05, 0) is 32.2 Å². The smallest absolute Gasteiger partial charge is 0.255 e. The summed E-state index contributed by atoms with van der Waals surface area (Å²) in [5, 5.41) is 3.81. The van der Waals surface area contributed by atoms with Gasteiger partial charge in [0.25, 0.3) is 5.91 Å². The zero-order valence-electron chi connectivity index (χ0n) is 17.8. The number of nitrogens with one attached hydrogen (secondary N) is 1. The van der Waals surface area contributed by atoms with Crippen LogP contribution >= 0.6 is 11.8 Å². The first kappa shape index (κ1) is 21.8. The van der Waals surface area contributed by atoms with Crippen LogP contribution in [0.4, 0.5) is 0 Å². The van der Waals surface area contributed by atoms with E-state index in [4.69, 9.17) is 9.15 Å². The third-order valence-electron chi connectivity index (χ3n) is 5.04. The third-order valence-corrected chi connectivity index (χ3v) is 5.72. The molecule has 0 radical (unpaired) electrons. The summed E-state index contributed by atoms with van der Waals surface area (Å²) in [5.41, 5.74) is 1.26. The monoisotopic (exact) mass is 418 g/mol. The second kappa shape index (κ2) is 9.73. The number of rotatable bonds is 7. The molecule has 7 nitrogen and oxygen atoms in total. The third kappa shape index (κ3) is 5.18. The van der Waals surface area contributed by atoms with Gasteiger partial charge in [0.05, 0.1) is 30.5 Å². The van der Waals surface area contributed by atoms with Gasteiger partial charge in [-0.3, -0.25) is 9.69 Å². The van der Waals surface area contributed by atoms with Crippen LogP contribution in [0.3, 0.4) is 0 Å². The SMILES string of the molecule is CSc1nc(C(C)C)nc(C)c1C(=O)NCC(c1ccc(C)o1)N1CCOCC1. The van der Waals surface area contributed by atoms with Crippen molar-refractivity contribution in [2.24, 2.45) is 0 Å². The van der Waals surface area contributed by atoms with Crippen LogP contribution in [0, 0.1) is 13.8 Å². The minimum Gasteiger partial charge on any atom is -0.465 e. The van der Waals surface area contributed by atoms with Crippen molar-refractivity contribution in [3.05, 3.63) is 40.7 Å². The number of furan rings is 1. The van der Waals surface area contributed by atoms with E-state index >= 15 is 0 Å². The summed E-state index contributed by atoms with van der Waals surface area (Å²) in [6.07, 6.45) is 1.94. The Morgan fingerprint density at radius 3 is 2.55 bits per heavy atom. The number of hydrogen-bond acceptors (Lipinski definition) is 7. The molecule has 0 aliphatic carbocycles. The summed E-state index contributed by atoms with van der Waals surface area (Å²) in [6.45, 7) is 11.3. The Kier molecular flexibility index (Phi) is 7.32. The summed E-state index contributed by atoms with van der Waals surface area (Å²) in [6, 6.07) is 3.91. The van der Waals surface area contributed by atoms with Gasteiger partial charge in [-0.1, -0.05) is 13.8 Å². The van der Waals surface area contributed by atoms with E-state index in [1.165, 1.54) is 11.8 Å². The van der Waals surface area contributed by atoms with E-state index in [1.807, 2.05) is 32.2 Å². The van der Waals surface area contributed by atoms with Crippen molar-refractivity contribution < 1.29 is 13.9 Å². The molecule has 3 heterocycles. The lowest BCUT2D eigenvalue weighted by Gasteiger charge is -2.33. The fourth-order valence-electron chi connectivity index (χ4n) is 3.44. The first-order valence-corrected chi connectivity index (χ1v) is 11.2. The number of hydrogen-bond donors (Lipinski definition) is 1. The highest BCUT2D eigenvalue weighted by atomic mass is 32.2. The van der Waals surface area contributed by atoms with Crippen LogP contribution in [-0.4, -0.2) is 59.9 Å². The Bertz CT molecular complexity index is 846. The van der Waals surface area contributed by atoms with Crippen molar-refractivity contribution in [2.45, 2.75) is 44.7 Å². The molecular formula is C21H30N4O3S. The molecule has 1 unspecified atom stereocenters. The normalized spacial score (nSPS) is 16.2. The van der Waals surface area contributed by atoms with Gasteiger partial charge in [0.1, 0.15) is 22.4 Å². The van der Waals surface area contributed by atoms with E-state index in [1.54, 1.807) is 0 Å². The minimum absolute atomic E-state index is 0.0366. The number of ether oxygens (including phenoxy) is 1.